The maximum atomic E-state index is 6.36. The van der Waals surface area contributed by atoms with Gasteiger partial charge in [0.05, 0.1) is 0 Å². The molecule has 18 heavy (non-hydrogen) atoms. The Labute approximate surface area is 111 Å². The van der Waals surface area contributed by atoms with E-state index >= 15 is 0 Å². The minimum Gasteiger partial charge on any atom is -0.323 e. The SMILES string of the molecule is CCN(CC1CC1)CC(N)c1cc(C)cc(C)c1. The summed E-state index contributed by atoms with van der Waals surface area (Å²) in [5.41, 5.74) is 10.3. The quantitative estimate of drug-likeness (QED) is 0.836. The minimum atomic E-state index is 0.141. The lowest BCUT2D eigenvalue weighted by molar-refractivity contribution is 0.260. The minimum absolute atomic E-state index is 0.141. The Kier molecular flexibility index (Phi) is 4.41. The van der Waals surface area contributed by atoms with E-state index in [-0.39, 0.29) is 6.04 Å². The van der Waals surface area contributed by atoms with E-state index in [1.807, 2.05) is 0 Å². The zero-order valence-corrected chi connectivity index (χ0v) is 11.9. The van der Waals surface area contributed by atoms with Gasteiger partial charge >= 0.3 is 0 Å². The molecular weight excluding hydrogens is 220 g/mol. The first-order valence-corrected chi connectivity index (χ1v) is 7.14. The third kappa shape index (κ3) is 3.82. The highest BCUT2D eigenvalue weighted by Crippen LogP contribution is 2.30. The van der Waals surface area contributed by atoms with Crippen molar-refractivity contribution in [3.8, 4) is 0 Å². The van der Waals surface area contributed by atoms with Gasteiger partial charge in [-0.05, 0) is 44.7 Å². The fourth-order valence-electron chi connectivity index (χ4n) is 2.61. The molecule has 1 aliphatic carbocycles. The van der Waals surface area contributed by atoms with Crippen molar-refractivity contribution < 1.29 is 0 Å². The van der Waals surface area contributed by atoms with Crippen molar-refractivity contribution in [2.24, 2.45) is 11.7 Å². The van der Waals surface area contributed by atoms with Gasteiger partial charge in [0, 0.05) is 19.1 Å². The molecule has 2 N–H and O–H groups in total. The molecule has 1 aromatic rings. The van der Waals surface area contributed by atoms with E-state index in [9.17, 15) is 0 Å². The molecule has 0 bridgehead atoms. The number of nitrogens with zero attached hydrogens (tertiary/aromatic N) is 1. The standard InChI is InChI=1S/C16H26N2/c1-4-18(10-14-5-6-14)11-16(17)15-8-12(2)7-13(3)9-15/h7-9,14,16H,4-6,10-11,17H2,1-3H3. The maximum absolute atomic E-state index is 6.36. The number of rotatable bonds is 6. The predicted octanol–water partition coefficient (Wildman–Crippen LogP) is 3.04. The number of hydrogen-bond acceptors (Lipinski definition) is 2. The Bertz CT molecular complexity index is 376. The van der Waals surface area contributed by atoms with Crippen LogP contribution in [0.25, 0.3) is 0 Å². The van der Waals surface area contributed by atoms with Crippen LogP contribution in [0.5, 0.6) is 0 Å². The van der Waals surface area contributed by atoms with E-state index in [0.29, 0.717) is 0 Å². The Balaban J connectivity index is 1.98. The van der Waals surface area contributed by atoms with Crippen LogP contribution in [0.4, 0.5) is 0 Å². The van der Waals surface area contributed by atoms with Gasteiger partial charge in [-0.2, -0.15) is 0 Å². The van der Waals surface area contributed by atoms with Crippen LogP contribution in [0, 0.1) is 19.8 Å². The molecule has 0 spiro atoms. The first-order chi connectivity index (χ1) is 8.58. The van der Waals surface area contributed by atoms with Crippen LogP contribution in [0.2, 0.25) is 0 Å². The second-order valence-corrected chi connectivity index (χ2v) is 5.82. The summed E-state index contributed by atoms with van der Waals surface area (Å²) in [4.78, 5) is 2.50. The van der Waals surface area contributed by atoms with Crippen LogP contribution >= 0.6 is 0 Å². The molecule has 0 aliphatic heterocycles. The van der Waals surface area contributed by atoms with Gasteiger partial charge in [-0.1, -0.05) is 36.2 Å². The lowest BCUT2D eigenvalue weighted by Crippen LogP contribution is -2.33. The molecule has 2 rings (SSSR count). The molecule has 2 heteroatoms. The topological polar surface area (TPSA) is 29.3 Å². The fraction of sp³-hybridized carbons (Fsp3) is 0.625. The van der Waals surface area contributed by atoms with Gasteiger partial charge < -0.3 is 10.6 Å². The van der Waals surface area contributed by atoms with Gasteiger partial charge in [0.25, 0.3) is 0 Å². The molecule has 1 saturated carbocycles. The van der Waals surface area contributed by atoms with Crippen LogP contribution in [-0.2, 0) is 0 Å². The van der Waals surface area contributed by atoms with Gasteiger partial charge in [-0.3, -0.25) is 0 Å². The van der Waals surface area contributed by atoms with Crippen molar-refractivity contribution in [1.29, 1.82) is 0 Å². The molecule has 1 aromatic carbocycles. The van der Waals surface area contributed by atoms with Crippen LogP contribution in [0.1, 0.15) is 42.5 Å². The molecule has 1 unspecified atom stereocenters. The molecule has 0 heterocycles. The van der Waals surface area contributed by atoms with Crippen molar-refractivity contribution in [2.75, 3.05) is 19.6 Å². The van der Waals surface area contributed by atoms with Crippen molar-refractivity contribution in [3.05, 3.63) is 34.9 Å². The normalized spacial score (nSPS) is 17.2. The average molecular weight is 246 g/mol. The summed E-state index contributed by atoms with van der Waals surface area (Å²) < 4.78 is 0. The molecular formula is C16H26N2. The summed E-state index contributed by atoms with van der Waals surface area (Å²) in [5, 5.41) is 0. The van der Waals surface area contributed by atoms with E-state index in [0.717, 1.165) is 19.0 Å². The van der Waals surface area contributed by atoms with Crippen LogP contribution in [0.15, 0.2) is 18.2 Å². The van der Waals surface area contributed by atoms with Crippen LogP contribution in [-0.4, -0.2) is 24.5 Å². The molecule has 0 aromatic heterocycles. The molecule has 1 atom stereocenters. The van der Waals surface area contributed by atoms with Gasteiger partial charge in [0.2, 0.25) is 0 Å². The van der Waals surface area contributed by atoms with Crippen LogP contribution in [0.3, 0.4) is 0 Å². The molecule has 1 aliphatic rings. The lowest BCUT2D eigenvalue weighted by Gasteiger charge is -2.24. The second-order valence-electron chi connectivity index (χ2n) is 5.82. The number of nitrogens with two attached hydrogens (primary N) is 1. The van der Waals surface area contributed by atoms with E-state index in [2.05, 4.69) is 43.9 Å². The largest absolute Gasteiger partial charge is 0.323 e. The summed E-state index contributed by atoms with van der Waals surface area (Å²) in [6, 6.07) is 6.80. The lowest BCUT2D eigenvalue weighted by atomic mass is 10.0. The molecule has 2 nitrogen and oxygen atoms in total. The van der Waals surface area contributed by atoms with Crippen molar-refractivity contribution in [1.82, 2.24) is 4.90 Å². The average Bonchev–Trinajstić information content (AvgIpc) is 3.10. The highest BCUT2D eigenvalue weighted by atomic mass is 15.1. The zero-order valence-electron chi connectivity index (χ0n) is 11.9. The summed E-state index contributed by atoms with van der Waals surface area (Å²) >= 11 is 0. The number of benzene rings is 1. The molecule has 0 radical (unpaired) electrons. The van der Waals surface area contributed by atoms with Crippen molar-refractivity contribution in [2.45, 2.75) is 39.7 Å². The van der Waals surface area contributed by atoms with Gasteiger partial charge in [0.1, 0.15) is 0 Å². The van der Waals surface area contributed by atoms with E-state index in [1.54, 1.807) is 0 Å². The van der Waals surface area contributed by atoms with E-state index in [4.69, 9.17) is 5.73 Å². The highest BCUT2D eigenvalue weighted by Gasteiger charge is 2.24. The monoisotopic (exact) mass is 246 g/mol. The predicted molar refractivity (Wildman–Crippen MR) is 77.7 cm³/mol. The highest BCUT2D eigenvalue weighted by molar-refractivity contribution is 5.30. The second kappa shape index (κ2) is 5.85. The third-order valence-electron chi connectivity index (χ3n) is 3.79. The Morgan fingerprint density at radius 2 is 1.83 bits per heavy atom. The third-order valence-corrected chi connectivity index (χ3v) is 3.79. The van der Waals surface area contributed by atoms with Gasteiger partial charge in [-0.25, -0.2) is 0 Å². The number of hydrogen-bond donors (Lipinski definition) is 1. The molecule has 0 saturated heterocycles. The molecule has 0 amide bonds. The summed E-state index contributed by atoms with van der Waals surface area (Å²) in [6.45, 7) is 9.84. The summed E-state index contributed by atoms with van der Waals surface area (Å²) in [5.74, 6) is 0.941. The Morgan fingerprint density at radius 3 is 2.33 bits per heavy atom. The zero-order chi connectivity index (χ0) is 13.1. The van der Waals surface area contributed by atoms with Crippen molar-refractivity contribution >= 4 is 0 Å². The molecule has 100 valence electrons. The maximum Gasteiger partial charge on any atom is 0.0424 e. The Hall–Kier alpha value is -0.860. The van der Waals surface area contributed by atoms with Crippen LogP contribution < -0.4 is 5.73 Å². The number of likely N-dealkylation sites (N-methyl/N-ethyl adjacent to an activating group) is 1. The van der Waals surface area contributed by atoms with E-state index in [1.165, 1.54) is 36.1 Å². The first-order valence-electron chi connectivity index (χ1n) is 7.14. The summed E-state index contributed by atoms with van der Waals surface area (Å²) in [6.07, 6.45) is 2.82. The first kappa shape index (κ1) is 13.6. The van der Waals surface area contributed by atoms with Gasteiger partial charge in [-0.15, -0.1) is 0 Å². The summed E-state index contributed by atoms with van der Waals surface area (Å²) in [7, 11) is 0. The smallest absolute Gasteiger partial charge is 0.0424 e. The van der Waals surface area contributed by atoms with Gasteiger partial charge in [0.15, 0.2) is 0 Å². The Morgan fingerprint density at radius 1 is 1.22 bits per heavy atom. The van der Waals surface area contributed by atoms with E-state index < -0.39 is 0 Å². The van der Waals surface area contributed by atoms with Crippen molar-refractivity contribution in [3.63, 3.8) is 0 Å². The fourth-order valence-corrected chi connectivity index (χ4v) is 2.61. The number of aryl methyl sites for hydroxylation is 2. The molecule has 1 fully saturated rings.